The molecule has 1 heterocycles. The van der Waals surface area contributed by atoms with Crippen LogP contribution in [-0.2, 0) is 4.74 Å². The van der Waals surface area contributed by atoms with Crippen LogP contribution in [0.15, 0.2) is 11.6 Å². The third-order valence-electron chi connectivity index (χ3n) is 6.56. The van der Waals surface area contributed by atoms with Crippen molar-refractivity contribution in [2.75, 3.05) is 0 Å². The molecule has 0 aromatic carbocycles. The van der Waals surface area contributed by atoms with Crippen LogP contribution < -0.4 is 0 Å². The molecule has 3 aliphatic carbocycles. The molecule has 4 aliphatic rings. The monoisotopic (exact) mass is 283 g/mol. The van der Waals surface area contributed by atoms with Crippen LogP contribution in [0.4, 0.5) is 0 Å². The zero-order chi connectivity index (χ0) is 14.6. The minimum Gasteiger partial charge on any atom is -0.357 e. The van der Waals surface area contributed by atoms with Gasteiger partial charge >= 0.3 is 0 Å². The summed E-state index contributed by atoms with van der Waals surface area (Å²) in [5, 5.41) is 0. The maximum absolute atomic E-state index is 6.52. The quantitative estimate of drug-likeness (QED) is 0.654. The summed E-state index contributed by atoms with van der Waals surface area (Å²) in [6.45, 7) is 7.16. The highest BCUT2D eigenvalue weighted by molar-refractivity contribution is 5.43. The van der Waals surface area contributed by atoms with Crippen LogP contribution in [0.1, 0.15) is 46.5 Å². The number of rotatable bonds is 1. The highest BCUT2D eigenvalue weighted by atomic mass is 16.5. The molecule has 0 amide bonds. The predicted octanol–water partition coefficient (Wildman–Crippen LogP) is 4.25. The Morgan fingerprint density at radius 2 is 1.76 bits per heavy atom. The molecule has 3 unspecified atom stereocenters. The molecule has 1 saturated carbocycles. The minimum absolute atomic E-state index is 0.182. The summed E-state index contributed by atoms with van der Waals surface area (Å²) in [4.78, 5) is 0. The molecule has 21 heavy (non-hydrogen) atoms. The van der Waals surface area contributed by atoms with Gasteiger partial charge in [-0.1, -0.05) is 45.1 Å². The smallest absolute Gasteiger partial charge is 0.122 e. The average molecular weight is 283 g/mol. The topological polar surface area (TPSA) is 9.23 Å². The number of allylic oxidation sites excluding steroid dienone is 1. The van der Waals surface area contributed by atoms with E-state index in [0.29, 0.717) is 23.9 Å². The maximum atomic E-state index is 6.52. The molecule has 1 aliphatic heterocycles. The van der Waals surface area contributed by atoms with Gasteiger partial charge < -0.3 is 4.74 Å². The minimum atomic E-state index is 0.182. The Labute approximate surface area is 129 Å². The van der Waals surface area contributed by atoms with Crippen LogP contribution >= 0.6 is 0 Å². The molecule has 4 rings (SSSR count). The fourth-order valence-corrected chi connectivity index (χ4v) is 5.18. The van der Waals surface area contributed by atoms with E-state index in [9.17, 15) is 0 Å². The van der Waals surface area contributed by atoms with Crippen LogP contribution in [0.2, 0.25) is 0 Å². The van der Waals surface area contributed by atoms with Crippen LogP contribution in [-0.4, -0.2) is 12.2 Å². The van der Waals surface area contributed by atoms with Crippen molar-refractivity contribution in [1.29, 1.82) is 0 Å². The van der Waals surface area contributed by atoms with E-state index < -0.39 is 0 Å². The lowest BCUT2D eigenvalue weighted by molar-refractivity contribution is -0.140. The highest BCUT2D eigenvalue weighted by Gasteiger charge is 2.51. The second-order valence-electron chi connectivity index (χ2n) is 7.90. The Hall–Kier alpha value is -0.740. The van der Waals surface area contributed by atoms with Gasteiger partial charge in [0.2, 0.25) is 0 Å². The van der Waals surface area contributed by atoms with Gasteiger partial charge in [-0.2, -0.15) is 0 Å². The molecule has 1 nitrogen and oxygen atoms in total. The van der Waals surface area contributed by atoms with E-state index in [1.165, 1.54) is 31.3 Å². The molecule has 1 heteroatoms. The zero-order valence-corrected chi connectivity index (χ0v) is 13.5. The van der Waals surface area contributed by atoms with Crippen molar-refractivity contribution in [3.63, 3.8) is 0 Å². The van der Waals surface area contributed by atoms with Gasteiger partial charge in [-0.05, 0) is 48.5 Å². The van der Waals surface area contributed by atoms with Gasteiger partial charge in [0.1, 0.15) is 6.10 Å². The Balaban J connectivity index is 1.69. The van der Waals surface area contributed by atoms with Gasteiger partial charge in [0.05, 0.1) is 6.10 Å². The van der Waals surface area contributed by atoms with Crippen LogP contribution in [0.3, 0.4) is 0 Å². The average Bonchev–Trinajstić information content (AvgIpc) is 3.28. The fraction of sp³-hybridized carbons (Fsp3) is 0.750. The van der Waals surface area contributed by atoms with E-state index in [1.54, 1.807) is 0 Å². The van der Waals surface area contributed by atoms with Gasteiger partial charge in [0.15, 0.2) is 0 Å². The second-order valence-corrected chi connectivity index (χ2v) is 7.90. The Bertz CT molecular complexity index is 508. The Kier molecular flexibility index (Phi) is 3.42. The normalized spacial score (nSPS) is 51.7. The summed E-state index contributed by atoms with van der Waals surface area (Å²) in [6, 6.07) is 0. The molecule has 8 atom stereocenters. The fourth-order valence-electron chi connectivity index (χ4n) is 5.18. The van der Waals surface area contributed by atoms with E-state index in [4.69, 9.17) is 4.74 Å². The van der Waals surface area contributed by atoms with E-state index in [2.05, 4.69) is 45.1 Å². The molecular weight excluding hydrogens is 256 g/mol. The first-order valence-corrected chi connectivity index (χ1v) is 8.86. The van der Waals surface area contributed by atoms with Gasteiger partial charge in [-0.25, -0.2) is 0 Å². The predicted molar refractivity (Wildman–Crippen MR) is 85.3 cm³/mol. The van der Waals surface area contributed by atoms with Crippen LogP contribution in [0.5, 0.6) is 0 Å². The van der Waals surface area contributed by atoms with Gasteiger partial charge in [-0.15, -0.1) is 0 Å². The first-order chi connectivity index (χ1) is 10.1. The molecule has 0 bridgehead atoms. The SMILES string of the molecule is CC1C#C[C@H]2O[C@H](C3=C[CH]3)[C@H](C)[C@@H]3CC[C@@H](C)C(CC1)C32. The number of hydrogen-bond acceptors (Lipinski definition) is 1. The van der Waals surface area contributed by atoms with Crippen molar-refractivity contribution in [3.8, 4) is 11.8 Å². The summed E-state index contributed by atoms with van der Waals surface area (Å²) >= 11 is 0. The van der Waals surface area contributed by atoms with Crippen molar-refractivity contribution >= 4 is 0 Å². The summed E-state index contributed by atoms with van der Waals surface area (Å²) in [5.41, 5.74) is 1.42. The van der Waals surface area contributed by atoms with E-state index in [-0.39, 0.29) is 6.10 Å². The highest BCUT2D eigenvalue weighted by Crippen LogP contribution is 2.52. The Morgan fingerprint density at radius 1 is 1.00 bits per heavy atom. The first-order valence-electron chi connectivity index (χ1n) is 8.86. The van der Waals surface area contributed by atoms with E-state index in [1.807, 2.05) is 0 Å². The van der Waals surface area contributed by atoms with Gasteiger partial charge in [-0.3, -0.25) is 0 Å². The number of ether oxygens (including phenoxy) is 1. The van der Waals surface area contributed by atoms with E-state index >= 15 is 0 Å². The van der Waals surface area contributed by atoms with Crippen molar-refractivity contribution in [2.24, 2.45) is 35.5 Å². The summed E-state index contributed by atoms with van der Waals surface area (Å²) in [6.07, 6.45) is 10.4. The molecule has 0 N–H and O–H groups in total. The van der Waals surface area contributed by atoms with Crippen molar-refractivity contribution in [3.05, 3.63) is 18.1 Å². The molecule has 0 aromatic heterocycles. The Morgan fingerprint density at radius 3 is 2.52 bits per heavy atom. The van der Waals surface area contributed by atoms with Gasteiger partial charge in [0, 0.05) is 18.3 Å². The summed E-state index contributed by atoms with van der Waals surface area (Å²) in [7, 11) is 0. The standard InChI is InChI=1S/C20H27O/c1-12-4-9-16-13(2)6-10-17-14(3)20(15-7-8-15)21-18(11-5-12)19(16)17/h7-8,12-14,16-20H,4,6,9-10H2,1-3H3/t12?,13-,14-,16?,17+,18-,19?,20+/m1/s1. The molecule has 113 valence electrons. The molecule has 0 aromatic rings. The van der Waals surface area contributed by atoms with Crippen molar-refractivity contribution < 1.29 is 4.74 Å². The lowest BCUT2D eigenvalue weighted by Gasteiger charge is -2.52. The van der Waals surface area contributed by atoms with Crippen molar-refractivity contribution in [2.45, 2.75) is 58.7 Å². The first kappa shape index (κ1) is 13.9. The number of hydrogen-bond donors (Lipinski definition) is 0. The van der Waals surface area contributed by atoms with Crippen molar-refractivity contribution in [1.82, 2.24) is 0 Å². The molecule has 1 saturated heterocycles. The summed E-state index contributed by atoms with van der Waals surface area (Å²) < 4.78 is 6.52. The molecule has 2 fully saturated rings. The molecule has 0 spiro atoms. The largest absolute Gasteiger partial charge is 0.357 e. The molecule has 1 radical (unpaired) electrons. The van der Waals surface area contributed by atoms with Crippen LogP contribution in [0.25, 0.3) is 0 Å². The second kappa shape index (κ2) is 5.17. The third kappa shape index (κ3) is 2.36. The van der Waals surface area contributed by atoms with E-state index in [0.717, 1.165) is 17.8 Å². The van der Waals surface area contributed by atoms with Gasteiger partial charge in [0.25, 0.3) is 0 Å². The summed E-state index contributed by atoms with van der Waals surface area (Å²) in [5.74, 6) is 11.4. The van der Waals surface area contributed by atoms with Crippen LogP contribution in [0, 0.1) is 53.8 Å². The third-order valence-corrected chi connectivity index (χ3v) is 6.56. The lowest BCUT2D eigenvalue weighted by atomic mass is 9.58. The molecular formula is C20H27O. The maximum Gasteiger partial charge on any atom is 0.122 e. The lowest BCUT2D eigenvalue weighted by Crippen LogP contribution is -2.52. The zero-order valence-electron chi connectivity index (χ0n) is 13.5.